The minimum Gasteiger partial charge on any atom is -0.449 e. The first-order valence-corrected chi connectivity index (χ1v) is 4.35. The predicted octanol–water partition coefficient (Wildman–Crippen LogP) is 2.64. The van der Waals surface area contributed by atoms with E-state index in [1.54, 1.807) is 12.1 Å². The van der Waals surface area contributed by atoms with E-state index in [1.807, 2.05) is 18.2 Å². The van der Waals surface area contributed by atoms with E-state index in [0.717, 1.165) is 5.56 Å². The number of ether oxygens (including phenoxy) is 1. The molecule has 0 radical (unpaired) electrons. The third kappa shape index (κ3) is 1.16. The standard InChI is InChI=1S/C12H10O2/c1-3-8(2)11-9-6-4-5-7-10(9)12(13)14-11/h3-7,11H,1-2H2. The van der Waals surface area contributed by atoms with Crippen LogP contribution in [0.3, 0.4) is 0 Å². The molecule has 1 aliphatic rings. The molecule has 2 nitrogen and oxygen atoms in total. The van der Waals surface area contributed by atoms with Crippen molar-refractivity contribution in [2.45, 2.75) is 6.10 Å². The van der Waals surface area contributed by atoms with Crippen molar-refractivity contribution in [3.05, 3.63) is 60.2 Å². The van der Waals surface area contributed by atoms with Crippen molar-refractivity contribution in [3.8, 4) is 0 Å². The van der Waals surface area contributed by atoms with Crippen LogP contribution in [0, 0.1) is 0 Å². The van der Waals surface area contributed by atoms with Gasteiger partial charge in [-0.2, -0.15) is 0 Å². The fourth-order valence-corrected chi connectivity index (χ4v) is 1.53. The maximum absolute atomic E-state index is 11.4. The Morgan fingerprint density at radius 2 is 2.14 bits per heavy atom. The van der Waals surface area contributed by atoms with Crippen molar-refractivity contribution in [2.24, 2.45) is 0 Å². The number of carbonyl (C=O) groups excluding carboxylic acids is 1. The highest BCUT2D eigenvalue weighted by molar-refractivity contribution is 5.94. The Balaban J connectivity index is 2.49. The SMILES string of the molecule is C=CC(=C)C1OC(=O)c2ccccc21. The van der Waals surface area contributed by atoms with Crippen LogP contribution in [-0.2, 0) is 4.74 Å². The second-order valence-corrected chi connectivity index (χ2v) is 3.15. The molecule has 2 heteroatoms. The maximum Gasteiger partial charge on any atom is 0.339 e. The number of cyclic esters (lactones) is 1. The topological polar surface area (TPSA) is 26.3 Å². The van der Waals surface area contributed by atoms with Gasteiger partial charge in [-0.15, -0.1) is 0 Å². The summed E-state index contributed by atoms with van der Waals surface area (Å²) < 4.78 is 5.17. The molecule has 0 fully saturated rings. The zero-order valence-electron chi connectivity index (χ0n) is 7.69. The first-order chi connectivity index (χ1) is 6.74. The Kier molecular flexibility index (Phi) is 1.97. The van der Waals surface area contributed by atoms with Crippen molar-refractivity contribution in [3.63, 3.8) is 0 Å². The van der Waals surface area contributed by atoms with Gasteiger partial charge in [-0.05, 0) is 11.6 Å². The Labute approximate surface area is 82.5 Å². The smallest absolute Gasteiger partial charge is 0.339 e. The zero-order valence-corrected chi connectivity index (χ0v) is 7.69. The summed E-state index contributed by atoms with van der Waals surface area (Å²) in [6, 6.07) is 7.33. The van der Waals surface area contributed by atoms with Gasteiger partial charge < -0.3 is 4.74 Å². The molecule has 0 saturated carbocycles. The molecule has 1 aliphatic heterocycles. The van der Waals surface area contributed by atoms with Gasteiger partial charge in [0, 0.05) is 5.56 Å². The molecule has 0 spiro atoms. The molecule has 1 unspecified atom stereocenters. The molecule has 2 rings (SSSR count). The quantitative estimate of drug-likeness (QED) is 0.524. The van der Waals surface area contributed by atoms with E-state index in [2.05, 4.69) is 13.2 Å². The van der Waals surface area contributed by atoms with Gasteiger partial charge in [-0.25, -0.2) is 4.79 Å². The van der Waals surface area contributed by atoms with Crippen LogP contribution >= 0.6 is 0 Å². The summed E-state index contributed by atoms with van der Waals surface area (Å²) in [7, 11) is 0. The number of benzene rings is 1. The van der Waals surface area contributed by atoms with Crippen LogP contribution in [0.1, 0.15) is 22.0 Å². The molecule has 0 saturated heterocycles. The summed E-state index contributed by atoms with van der Waals surface area (Å²) in [6.45, 7) is 7.41. The lowest BCUT2D eigenvalue weighted by molar-refractivity contribution is 0.0455. The fraction of sp³-hybridized carbons (Fsp3) is 0.0833. The molecular formula is C12H10O2. The molecule has 0 N–H and O–H groups in total. The lowest BCUT2D eigenvalue weighted by Gasteiger charge is -2.09. The molecule has 0 amide bonds. The lowest BCUT2D eigenvalue weighted by Crippen LogP contribution is -1.99. The van der Waals surface area contributed by atoms with Gasteiger partial charge in [0.15, 0.2) is 6.10 Å². The van der Waals surface area contributed by atoms with E-state index in [-0.39, 0.29) is 12.1 Å². The summed E-state index contributed by atoms with van der Waals surface area (Å²) in [6.07, 6.45) is 1.26. The van der Waals surface area contributed by atoms with Crippen molar-refractivity contribution < 1.29 is 9.53 Å². The van der Waals surface area contributed by atoms with E-state index < -0.39 is 0 Å². The summed E-state index contributed by atoms with van der Waals surface area (Å²) >= 11 is 0. The van der Waals surface area contributed by atoms with Gasteiger partial charge in [-0.3, -0.25) is 0 Å². The zero-order chi connectivity index (χ0) is 10.1. The Morgan fingerprint density at radius 3 is 2.86 bits per heavy atom. The molecule has 0 aliphatic carbocycles. The highest BCUT2D eigenvalue weighted by Crippen LogP contribution is 2.35. The van der Waals surface area contributed by atoms with Crippen LogP contribution in [0.15, 0.2) is 49.1 Å². The number of esters is 1. The van der Waals surface area contributed by atoms with Crippen molar-refractivity contribution in [1.29, 1.82) is 0 Å². The molecule has 1 heterocycles. The van der Waals surface area contributed by atoms with Crippen LogP contribution in [0.25, 0.3) is 0 Å². The van der Waals surface area contributed by atoms with Gasteiger partial charge in [0.05, 0.1) is 5.56 Å². The summed E-state index contributed by atoms with van der Waals surface area (Å²) in [5.74, 6) is -0.284. The van der Waals surface area contributed by atoms with E-state index >= 15 is 0 Å². The van der Waals surface area contributed by atoms with E-state index in [4.69, 9.17) is 4.74 Å². The van der Waals surface area contributed by atoms with Gasteiger partial charge >= 0.3 is 5.97 Å². The Hall–Kier alpha value is -1.83. The van der Waals surface area contributed by atoms with Crippen molar-refractivity contribution in [1.82, 2.24) is 0 Å². The van der Waals surface area contributed by atoms with Crippen LogP contribution in [0.4, 0.5) is 0 Å². The average molecular weight is 186 g/mol. The minimum absolute atomic E-state index is 0.284. The molecule has 1 aromatic rings. The Morgan fingerprint density at radius 1 is 1.43 bits per heavy atom. The second kappa shape index (κ2) is 3.14. The molecule has 1 aromatic carbocycles. The Bertz CT molecular complexity index is 418. The second-order valence-electron chi connectivity index (χ2n) is 3.15. The van der Waals surface area contributed by atoms with Crippen molar-refractivity contribution >= 4 is 5.97 Å². The third-order valence-corrected chi connectivity index (χ3v) is 2.29. The largest absolute Gasteiger partial charge is 0.449 e. The summed E-state index contributed by atoms with van der Waals surface area (Å²) in [4.78, 5) is 11.4. The number of rotatable bonds is 2. The maximum atomic E-state index is 11.4. The van der Waals surface area contributed by atoms with Gasteiger partial charge in [0.2, 0.25) is 0 Å². The number of hydrogen-bond donors (Lipinski definition) is 0. The summed E-state index contributed by atoms with van der Waals surface area (Å²) in [5, 5.41) is 0. The summed E-state index contributed by atoms with van der Waals surface area (Å²) in [5.41, 5.74) is 2.21. The molecule has 14 heavy (non-hydrogen) atoms. The molecule has 0 bridgehead atoms. The van der Waals surface area contributed by atoms with Crippen LogP contribution < -0.4 is 0 Å². The van der Waals surface area contributed by atoms with Gasteiger partial charge in [0.25, 0.3) is 0 Å². The number of hydrogen-bond acceptors (Lipinski definition) is 2. The first-order valence-electron chi connectivity index (χ1n) is 4.35. The molecule has 1 atom stereocenters. The molecule has 70 valence electrons. The predicted molar refractivity (Wildman–Crippen MR) is 53.9 cm³/mol. The van der Waals surface area contributed by atoms with E-state index in [0.29, 0.717) is 11.1 Å². The highest BCUT2D eigenvalue weighted by atomic mass is 16.5. The van der Waals surface area contributed by atoms with Crippen molar-refractivity contribution in [2.75, 3.05) is 0 Å². The molecular weight excluding hydrogens is 176 g/mol. The van der Waals surface area contributed by atoms with E-state index in [1.165, 1.54) is 0 Å². The van der Waals surface area contributed by atoms with E-state index in [9.17, 15) is 4.79 Å². The fourth-order valence-electron chi connectivity index (χ4n) is 1.53. The van der Waals surface area contributed by atoms with Crippen LogP contribution in [0.2, 0.25) is 0 Å². The first kappa shape index (κ1) is 8.75. The third-order valence-electron chi connectivity index (χ3n) is 2.29. The normalized spacial score (nSPS) is 18.6. The van der Waals surface area contributed by atoms with Gasteiger partial charge in [-0.1, -0.05) is 37.4 Å². The number of carbonyl (C=O) groups is 1. The lowest BCUT2D eigenvalue weighted by atomic mass is 10.0. The van der Waals surface area contributed by atoms with Crippen LogP contribution in [-0.4, -0.2) is 5.97 Å². The highest BCUT2D eigenvalue weighted by Gasteiger charge is 2.31. The minimum atomic E-state index is -0.351. The van der Waals surface area contributed by atoms with Crippen LogP contribution in [0.5, 0.6) is 0 Å². The monoisotopic (exact) mass is 186 g/mol. The number of fused-ring (bicyclic) bond motifs is 1. The van der Waals surface area contributed by atoms with Gasteiger partial charge in [0.1, 0.15) is 0 Å². The molecule has 0 aromatic heterocycles. The average Bonchev–Trinajstić information content (AvgIpc) is 2.56.